The lowest BCUT2D eigenvalue weighted by molar-refractivity contribution is -0.140. The molecule has 3 aromatic carbocycles. The molecule has 7 nitrogen and oxygen atoms in total. The van der Waals surface area contributed by atoms with Crippen molar-refractivity contribution in [1.82, 2.24) is 0 Å². The number of ether oxygens (including phenoxy) is 4. The van der Waals surface area contributed by atoms with E-state index in [1.807, 2.05) is 42.5 Å². The highest BCUT2D eigenvalue weighted by Gasteiger charge is 2.25. The van der Waals surface area contributed by atoms with Crippen LogP contribution in [0.4, 0.5) is 0 Å². The van der Waals surface area contributed by atoms with Gasteiger partial charge in [-0.05, 0) is 89.6 Å². The SMILES string of the molecule is C=C(COC)C(=O)OCCOc1ccc(-c2ccc(-c3ccc(OC(=O)C(=C)CO)cc3C3CCC(CCCCC)CC3)cc2)cc1. The summed E-state index contributed by atoms with van der Waals surface area (Å²) in [6.07, 6.45) is 9.83. The van der Waals surface area contributed by atoms with Crippen molar-refractivity contribution in [2.45, 2.75) is 64.2 Å². The number of hydrogen-bond acceptors (Lipinski definition) is 7. The second-order valence-corrected chi connectivity index (χ2v) is 12.2. The third-order valence-electron chi connectivity index (χ3n) is 8.79. The summed E-state index contributed by atoms with van der Waals surface area (Å²) in [5, 5.41) is 9.32. The van der Waals surface area contributed by atoms with Crippen LogP contribution in [0, 0.1) is 5.92 Å². The molecule has 1 aliphatic carbocycles. The van der Waals surface area contributed by atoms with Gasteiger partial charge in [0.15, 0.2) is 0 Å². The van der Waals surface area contributed by atoms with E-state index in [1.165, 1.54) is 51.2 Å². The molecule has 1 saturated carbocycles. The summed E-state index contributed by atoms with van der Waals surface area (Å²) in [5.74, 6) is 1.23. The van der Waals surface area contributed by atoms with E-state index in [0.29, 0.717) is 17.4 Å². The van der Waals surface area contributed by atoms with Gasteiger partial charge in [-0.3, -0.25) is 0 Å². The second kappa shape index (κ2) is 18.2. The highest BCUT2D eigenvalue weighted by Crippen LogP contribution is 2.43. The van der Waals surface area contributed by atoms with E-state index >= 15 is 0 Å². The Morgan fingerprint density at radius 2 is 1.43 bits per heavy atom. The van der Waals surface area contributed by atoms with E-state index in [9.17, 15) is 14.7 Å². The zero-order valence-electron chi connectivity index (χ0n) is 27.8. The Kier molecular flexibility index (Phi) is 13.8. The molecule has 1 N–H and O–H groups in total. The minimum absolute atomic E-state index is 0.0317. The summed E-state index contributed by atoms with van der Waals surface area (Å²) in [6.45, 7) is 9.54. The van der Waals surface area contributed by atoms with Crippen LogP contribution in [-0.2, 0) is 19.1 Å². The molecule has 47 heavy (non-hydrogen) atoms. The molecule has 0 heterocycles. The average Bonchev–Trinajstić information content (AvgIpc) is 3.10. The maximum absolute atomic E-state index is 12.4. The first kappa shape index (κ1) is 35.7. The zero-order chi connectivity index (χ0) is 33.6. The Morgan fingerprint density at radius 3 is 2.06 bits per heavy atom. The first-order chi connectivity index (χ1) is 22.8. The Bertz CT molecular complexity index is 1480. The fourth-order valence-electron chi connectivity index (χ4n) is 6.11. The number of rotatable bonds is 17. The third-order valence-corrected chi connectivity index (χ3v) is 8.79. The van der Waals surface area contributed by atoms with Crippen molar-refractivity contribution in [3.05, 3.63) is 96.6 Å². The fourth-order valence-corrected chi connectivity index (χ4v) is 6.11. The summed E-state index contributed by atoms with van der Waals surface area (Å²) in [6, 6.07) is 22.2. The highest BCUT2D eigenvalue weighted by atomic mass is 16.6. The topological polar surface area (TPSA) is 91.3 Å². The summed E-state index contributed by atoms with van der Waals surface area (Å²) in [5.41, 5.74) is 5.87. The van der Waals surface area contributed by atoms with E-state index < -0.39 is 18.5 Å². The van der Waals surface area contributed by atoms with Gasteiger partial charge >= 0.3 is 11.9 Å². The maximum Gasteiger partial charge on any atom is 0.341 e. The van der Waals surface area contributed by atoms with E-state index in [0.717, 1.165) is 41.0 Å². The Balaban J connectivity index is 1.44. The van der Waals surface area contributed by atoms with Crippen molar-refractivity contribution in [1.29, 1.82) is 0 Å². The van der Waals surface area contributed by atoms with Crippen LogP contribution in [0.5, 0.6) is 11.5 Å². The molecule has 0 saturated heterocycles. The molecule has 250 valence electrons. The van der Waals surface area contributed by atoms with Gasteiger partial charge in [0, 0.05) is 7.11 Å². The number of aliphatic hydroxyl groups excluding tert-OH is 1. The van der Waals surface area contributed by atoms with Crippen LogP contribution in [0.2, 0.25) is 0 Å². The van der Waals surface area contributed by atoms with Crippen molar-refractivity contribution in [2.24, 2.45) is 5.92 Å². The predicted molar refractivity (Wildman–Crippen MR) is 185 cm³/mol. The van der Waals surface area contributed by atoms with Crippen LogP contribution < -0.4 is 9.47 Å². The van der Waals surface area contributed by atoms with E-state index in [4.69, 9.17) is 18.9 Å². The van der Waals surface area contributed by atoms with Gasteiger partial charge in [0.05, 0.1) is 24.4 Å². The molecule has 7 heteroatoms. The number of benzene rings is 3. The molecule has 0 aliphatic heterocycles. The lowest BCUT2D eigenvalue weighted by Gasteiger charge is -2.30. The quantitative estimate of drug-likeness (QED) is 0.0685. The van der Waals surface area contributed by atoms with Gasteiger partial charge in [-0.2, -0.15) is 0 Å². The van der Waals surface area contributed by atoms with Gasteiger partial charge in [-0.15, -0.1) is 0 Å². The number of carbonyl (C=O) groups is 2. The van der Waals surface area contributed by atoms with E-state index in [2.05, 4.69) is 44.3 Å². The molecule has 4 rings (SSSR count). The number of unbranched alkanes of at least 4 members (excludes halogenated alkanes) is 2. The smallest absolute Gasteiger partial charge is 0.341 e. The van der Waals surface area contributed by atoms with Crippen molar-refractivity contribution < 1.29 is 33.6 Å². The maximum atomic E-state index is 12.4. The Labute approximate surface area is 279 Å². The molecule has 1 aliphatic rings. The normalized spacial score (nSPS) is 15.9. The summed E-state index contributed by atoms with van der Waals surface area (Å²) in [4.78, 5) is 24.2. The molecule has 0 unspecified atom stereocenters. The van der Waals surface area contributed by atoms with Gasteiger partial charge in [0.25, 0.3) is 0 Å². The minimum Gasteiger partial charge on any atom is -0.490 e. The molecule has 0 bridgehead atoms. The van der Waals surface area contributed by atoms with Crippen molar-refractivity contribution in [3.63, 3.8) is 0 Å². The lowest BCUT2D eigenvalue weighted by atomic mass is 9.75. The van der Waals surface area contributed by atoms with Crippen LogP contribution in [0.25, 0.3) is 22.3 Å². The van der Waals surface area contributed by atoms with Crippen molar-refractivity contribution in [2.75, 3.05) is 33.5 Å². The molecule has 0 atom stereocenters. The van der Waals surface area contributed by atoms with Gasteiger partial charge < -0.3 is 24.1 Å². The predicted octanol–water partition coefficient (Wildman–Crippen LogP) is 8.45. The Hall–Kier alpha value is -4.20. The van der Waals surface area contributed by atoms with Gasteiger partial charge in [0.1, 0.15) is 24.7 Å². The monoisotopic (exact) mass is 640 g/mol. The third kappa shape index (κ3) is 10.4. The van der Waals surface area contributed by atoms with E-state index in [-0.39, 0.29) is 31.0 Å². The van der Waals surface area contributed by atoms with Crippen LogP contribution in [0.15, 0.2) is 91.0 Å². The number of hydrogen-bond donors (Lipinski definition) is 1. The molecule has 1 fully saturated rings. The molecular weight excluding hydrogens is 592 g/mol. The number of esters is 2. The second-order valence-electron chi connectivity index (χ2n) is 12.2. The fraction of sp³-hybridized carbons (Fsp3) is 0.400. The molecule has 3 aromatic rings. The summed E-state index contributed by atoms with van der Waals surface area (Å²) < 4.78 is 21.4. The van der Waals surface area contributed by atoms with Crippen molar-refractivity contribution >= 4 is 11.9 Å². The Morgan fingerprint density at radius 1 is 0.787 bits per heavy atom. The first-order valence-corrected chi connectivity index (χ1v) is 16.6. The van der Waals surface area contributed by atoms with Gasteiger partial charge in [-0.25, -0.2) is 9.59 Å². The van der Waals surface area contributed by atoms with Gasteiger partial charge in [0.2, 0.25) is 0 Å². The lowest BCUT2D eigenvalue weighted by Crippen LogP contribution is -2.15. The van der Waals surface area contributed by atoms with E-state index in [1.54, 1.807) is 0 Å². The number of carbonyl (C=O) groups excluding carboxylic acids is 2. The molecule has 0 spiro atoms. The summed E-state index contributed by atoms with van der Waals surface area (Å²) >= 11 is 0. The molecule has 0 amide bonds. The van der Waals surface area contributed by atoms with Crippen LogP contribution in [-0.4, -0.2) is 50.6 Å². The van der Waals surface area contributed by atoms with Crippen molar-refractivity contribution in [3.8, 4) is 33.8 Å². The minimum atomic E-state index is -0.612. The van der Waals surface area contributed by atoms with Crippen LogP contribution >= 0.6 is 0 Å². The standard InChI is InChI=1S/C40H48O7/c1-5-6-7-8-30-9-11-34(12-10-30)38-25-36(47-40(43)28(2)26-41)21-22-37(38)33-15-13-31(14-16-33)32-17-19-35(20-18-32)45-23-24-46-39(42)29(3)27-44-4/h13-22,25,30,34,41H,2-3,5-12,23-24,26-27H2,1,4H3. The van der Waals surface area contributed by atoms with Gasteiger partial charge in [-0.1, -0.05) is 88.2 Å². The summed E-state index contributed by atoms with van der Waals surface area (Å²) in [7, 11) is 1.50. The molecule has 0 radical (unpaired) electrons. The number of aliphatic hydroxyl groups is 1. The number of methoxy groups -OCH3 is 1. The molecular formula is C40H48O7. The first-order valence-electron chi connectivity index (χ1n) is 16.6. The van der Waals surface area contributed by atoms with Crippen LogP contribution in [0.1, 0.15) is 69.8 Å². The largest absolute Gasteiger partial charge is 0.490 e. The van der Waals surface area contributed by atoms with Crippen LogP contribution in [0.3, 0.4) is 0 Å². The average molecular weight is 641 g/mol. The highest BCUT2D eigenvalue weighted by molar-refractivity contribution is 5.90. The zero-order valence-corrected chi connectivity index (χ0v) is 27.8. The molecule has 0 aromatic heterocycles.